The van der Waals surface area contributed by atoms with Crippen LogP contribution in [0.25, 0.3) is 22.4 Å². The number of ether oxygens (including phenoxy) is 1. The van der Waals surface area contributed by atoms with E-state index in [2.05, 4.69) is 20.6 Å². The largest absolute Gasteiger partial charge is 0.445 e. The lowest BCUT2D eigenvalue weighted by Gasteiger charge is -2.14. The molecule has 2 aromatic heterocycles. The number of nitrogens with one attached hydrogen (secondary N) is 2. The standard InChI is InChI=1S/C22H19Cl3N4O3/c1-13-3-4-16(29-21(31)32-12-22(23,24)25)11-17(13)14-5-7-27-18(9-14)15-6-8-28-19(10-15)20(30)26-2/h3-11H,12H2,1-2H3,(H,26,30)(H,29,31). The second-order valence-electron chi connectivity index (χ2n) is 6.78. The zero-order valence-corrected chi connectivity index (χ0v) is 19.4. The molecule has 32 heavy (non-hydrogen) atoms. The van der Waals surface area contributed by atoms with Crippen LogP contribution < -0.4 is 10.6 Å². The molecule has 0 bridgehead atoms. The van der Waals surface area contributed by atoms with Gasteiger partial charge in [0.05, 0.1) is 5.69 Å². The Labute approximate surface area is 200 Å². The summed E-state index contributed by atoms with van der Waals surface area (Å²) in [4.78, 5) is 32.4. The third-order valence-corrected chi connectivity index (χ3v) is 4.76. The van der Waals surface area contributed by atoms with Gasteiger partial charge < -0.3 is 10.1 Å². The zero-order valence-electron chi connectivity index (χ0n) is 17.2. The van der Waals surface area contributed by atoms with E-state index in [9.17, 15) is 9.59 Å². The van der Waals surface area contributed by atoms with Crippen LogP contribution in [0.1, 0.15) is 16.1 Å². The molecule has 0 radical (unpaired) electrons. The first-order chi connectivity index (χ1) is 15.2. The maximum Gasteiger partial charge on any atom is 0.411 e. The number of aryl methyl sites for hydroxylation is 1. The predicted octanol–water partition coefficient (Wildman–Crippen LogP) is 5.40. The molecule has 0 saturated heterocycles. The summed E-state index contributed by atoms with van der Waals surface area (Å²) in [5, 5.41) is 5.17. The van der Waals surface area contributed by atoms with E-state index in [1.54, 1.807) is 37.6 Å². The summed E-state index contributed by atoms with van der Waals surface area (Å²) in [6.45, 7) is 1.58. The molecule has 2 N–H and O–H groups in total. The molecule has 3 rings (SSSR count). The van der Waals surface area contributed by atoms with Gasteiger partial charge in [-0.25, -0.2) is 4.79 Å². The van der Waals surface area contributed by atoms with Crippen LogP contribution in [0.15, 0.2) is 54.9 Å². The van der Waals surface area contributed by atoms with Gasteiger partial charge in [-0.05, 0) is 60.0 Å². The Morgan fingerprint density at radius 1 is 1.00 bits per heavy atom. The van der Waals surface area contributed by atoms with Crippen molar-refractivity contribution in [3.63, 3.8) is 0 Å². The first-order valence-corrected chi connectivity index (χ1v) is 10.6. The molecule has 2 heterocycles. The van der Waals surface area contributed by atoms with Crippen molar-refractivity contribution in [1.29, 1.82) is 0 Å². The number of benzene rings is 1. The van der Waals surface area contributed by atoms with Crippen molar-refractivity contribution < 1.29 is 14.3 Å². The molecule has 0 atom stereocenters. The smallest absolute Gasteiger partial charge is 0.411 e. The Morgan fingerprint density at radius 2 is 1.72 bits per heavy atom. The Balaban J connectivity index is 1.87. The van der Waals surface area contributed by atoms with Crippen LogP contribution in [0, 0.1) is 6.92 Å². The second-order valence-corrected chi connectivity index (χ2v) is 9.30. The molecule has 0 aliphatic heterocycles. The average Bonchev–Trinajstić information content (AvgIpc) is 2.78. The van der Waals surface area contributed by atoms with Crippen LogP contribution in [0.3, 0.4) is 0 Å². The molecule has 0 aliphatic carbocycles. The highest BCUT2D eigenvalue weighted by Gasteiger charge is 2.22. The maximum absolute atomic E-state index is 12.0. The fourth-order valence-corrected chi connectivity index (χ4v) is 3.07. The van der Waals surface area contributed by atoms with E-state index in [4.69, 9.17) is 39.5 Å². The number of carbonyl (C=O) groups is 2. The number of amides is 2. The summed E-state index contributed by atoms with van der Waals surface area (Å²) in [6.07, 6.45) is 2.51. The van der Waals surface area contributed by atoms with Gasteiger partial charge in [0.15, 0.2) is 0 Å². The lowest BCUT2D eigenvalue weighted by atomic mass is 9.99. The Kier molecular flexibility index (Phi) is 7.56. The molecule has 0 unspecified atom stereocenters. The van der Waals surface area contributed by atoms with E-state index in [0.29, 0.717) is 17.1 Å². The molecule has 1 aromatic carbocycles. The molecular weight excluding hydrogens is 475 g/mol. The van der Waals surface area contributed by atoms with E-state index in [-0.39, 0.29) is 12.5 Å². The van der Waals surface area contributed by atoms with Gasteiger partial charge in [0, 0.05) is 30.7 Å². The molecule has 0 saturated carbocycles. The topological polar surface area (TPSA) is 93.2 Å². The maximum atomic E-state index is 12.0. The highest BCUT2D eigenvalue weighted by Crippen LogP contribution is 2.30. The van der Waals surface area contributed by atoms with E-state index < -0.39 is 9.89 Å². The lowest BCUT2D eigenvalue weighted by molar-refractivity contribution is 0.0958. The van der Waals surface area contributed by atoms with Gasteiger partial charge in [0.1, 0.15) is 12.3 Å². The number of halogens is 3. The van der Waals surface area contributed by atoms with Gasteiger partial charge in [-0.15, -0.1) is 0 Å². The monoisotopic (exact) mass is 492 g/mol. The van der Waals surface area contributed by atoms with Crippen LogP contribution in [-0.2, 0) is 4.74 Å². The van der Waals surface area contributed by atoms with Crippen molar-refractivity contribution in [3.05, 3.63) is 66.1 Å². The fraction of sp³-hybridized carbons (Fsp3) is 0.182. The predicted molar refractivity (Wildman–Crippen MR) is 126 cm³/mol. The number of carbonyl (C=O) groups excluding carboxylic acids is 2. The molecule has 0 spiro atoms. The Morgan fingerprint density at radius 3 is 2.44 bits per heavy atom. The van der Waals surface area contributed by atoms with Crippen LogP contribution in [0.5, 0.6) is 0 Å². The average molecular weight is 494 g/mol. The first kappa shape index (κ1) is 23.8. The van der Waals surface area contributed by atoms with Crippen molar-refractivity contribution in [2.45, 2.75) is 10.7 Å². The third-order valence-electron chi connectivity index (χ3n) is 4.44. The van der Waals surface area contributed by atoms with Gasteiger partial charge in [-0.1, -0.05) is 40.9 Å². The van der Waals surface area contributed by atoms with Crippen molar-refractivity contribution >= 4 is 52.5 Å². The Bertz CT molecular complexity index is 1150. The van der Waals surface area contributed by atoms with Crippen LogP contribution in [0.2, 0.25) is 0 Å². The number of aromatic nitrogens is 2. The normalized spacial score (nSPS) is 11.0. The number of hydrogen-bond acceptors (Lipinski definition) is 5. The minimum Gasteiger partial charge on any atom is -0.445 e. The quantitative estimate of drug-likeness (QED) is 0.464. The van der Waals surface area contributed by atoms with Crippen LogP contribution in [0.4, 0.5) is 10.5 Å². The minimum absolute atomic E-state index is 0.278. The minimum atomic E-state index is -1.69. The van der Waals surface area contributed by atoms with Gasteiger partial charge in [0.25, 0.3) is 5.91 Å². The van der Waals surface area contributed by atoms with E-state index >= 15 is 0 Å². The summed E-state index contributed by atoms with van der Waals surface area (Å²) in [6, 6.07) is 12.6. The van der Waals surface area contributed by atoms with E-state index in [1.807, 2.05) is 31.2 Å². The van der Waals surface area contributed by atoms with Crippen LogP contribution >= 0.6 is 34.8 Å². The third kappa shape index (κ3) is 6.32. The van der Waals surface area contributed by atoms with Gasteiger partial charge in [0.2, 0.25) is 3.79 Å². The number of rotatable bonds is 5. The summed E-state index contributed by atoms with van der Waals surface area (Å²) in [5.41, 5.74) is 5.00. The molecule has 3 aromatic rings. The fourth-order valence-electron chi connectivity index (χ4n) is 2.91. The number of alkyl halides is 3. The second kappa shape index (κ2) is 10.2. The number of pyridine rings is 2. The first-order valence-electron chi connectivity index (χ1n) is 9.42. The number of hydrogen-bond donors (Lipinski definition) is 2. The zero-order chi connectivity index (χ0) is 23.3. The van der Waals surface area contributed by atoms with Crippen molar-refractivity contribution in [1.82, 2.24) is 15.3 Å². The summed E-state index contributed by atoms with van der Waals surface area (Å²) in [7, 11) is 1.55. The molecule has 7 nitrogen and oxygen atoms in total. The highest BCUT2D eigenvalue weighted by molar-refractivity contribution is 6.67. The van der Waals surface area contributed by atoms with Gasteiger partial charge in [-0.3, -0.25) is 20.1 Å². The van der Waals surface area contributed by atoms with Crippen molar-refractivity contribution in [2.75, 3.05) is 19.0 Å². The van der Waals surface area contributed by atoms with E-state index in [0.717, 1.165) is 22.3 Å². The molecule has 2 amide bonds. The summed E-state index contributed by atoms with van der Waals surface area (Å²) in [5.74, 6) is -0.278. The molecule has 0 fully saturated rings. The summed E-state index contributed by atoms with van der Waals surface area (Å²) < 4.78 is 3.22. The highest BCUT2D eigenvalue weighted by atomic mass is 35.6. The molecule has 0 aliphatic rings. The number of nitrogens with zero attached hydrogens (tertiary/aromatic N) is 2. The molecular formula is C22H19Cl3N4O3. The molecule has 166 valence electrons. The summed E-state index contributed by atoms with van der Waals surface area (Å²) >= 11 is 16.8. The van der Waals surface area contributed by atoms with Crippen molar-refractivity contribution in [3.8, 4) is 22.4 Å². The van der Waals surface area contributed by atoms with E-state index in [1.165, 1.54) is 0 Å². The lowest BCUT2D eigenvalue weighted by Crippen LogP contribution is -2.21. The molecule has 10 heteroatoms. The van der Waals surface area contributed by atoms with Crippen molar-refractivity contribution in [2.24, 2.45) is 0 Å². The number of anilines is 1. The van der Waals surface area contributed by atoms with Gasteiger partial charge >= 0.3 is 6.09 Å². The van der Waals surface area contributed by atoms with Gasteiger partial charge in [-0.2, -0.15) is 0 Å². The van der Waals surface area contributed by atoms with Crippen LogP contribution in [-0.4, -0.2) is 39.4 Å². The Hall–Kier alpha value is -2.87. The SMILES string of the molecule is CNC(=O)c1cc(-c2cc(-c3cc(NC(=O)OCC(Cl)(Cl)Cl)ccc3C)ccn2)ccn1.